The van der Waals surface area contributed by atoms with Gasteiger partial charge in [0.1, 0.15) is 0 Å². The highest BCUT2D eigenvalue weighted by atomic mass is 32.2. The maximum Gasteiger partial charge on any atom is 0.257 e. The second-order valence-corrected chi connectivity index (χ2v) is 10.5. The number of carbonyl (C=O) groups excluding carboxylic acids is 1. The molecule has 0 unspecified atom stereocenters. The number of hydrogen-bond acceptors (Lipinski definition) is 5. The Labute approximate surface area is 163 Å². The van der Waals surface area contributed by atoms with Crippen molar-refractivity contribution in [3.05, 3.63) is 53.6 Å². The molecule has 1 N–H and O–H groups in total. The van der Waals surface area contributed by atoms with Gasteiger partial charge in [-0.05, 0) is 49.6 Å². The molecule has 5 nitrogen and oxygen atoms in total. The van der Waals surface area contributed by atoms with E-state index in [1.54, 1.807) is 26.0 Å². The minimum absolute atomic E-state index is 0.150. The van der Waals surface area contributed by atoms with E-state index in [-0.39, 0.29) is 10.8 Å². The van der Waals surface area contributed by atoms with E-state index in [0.717, 1.165) is 15.8 Å². The first-order chi connectivity index (χ1) is 12.7. The van der Waals surface area contributed by atoms with E-state index >= 15 is 0 Å². The topological polar surface area (TPSA) is 76.1 Å². The number of para-hydroxylation sites is 1. The first-order valence-corrected chi connectivity index (χ1v) is 11.1. The van der Waals surface area contributed by atoms with Crippen LogP contribution in [0.2, 0.25) is 0 Å². The van der Waals surface area contributed by atoms with Gasteiger partial charge in [0.05, 0.1) is 20.4 Å². The molecule has 3 aromatic rings. The Morgan fingerprint density at radius 3 is 2.44 bits per heavy atom. The smallest absolute Gasteiger partial charge is 0.257 e. The number of nitrogens with zero attached hydrogens (tertiary/aromatic N) is 1. The summed E-state index contributed by atoms with van der Waals surface area (Å²) in [6.45, 7) is 7.45. The van der Waals surface area contributed by atoms with Gasteiger partial charge in [-0.15, -0.1) is 0 Å². The SMILES string of the molecule is CC(C)c1cccc2sc(NC(=O)c3cccc(S(=O)(=O)C(C)C)c3)nc12. The zero-order chi connectivity index (χ0) is 19.8. The van der Waals surface area contributed by atoms with Crippen molar-refractivity contribution in [1.29, 1.82) is 0 Å². The molecule has 0 aliphatic rings. The van der Waals surface area contributed by atoms with Gasteiger partial charge in [-0.1, -0.05) is 43.4 Å². The van der Waals surface area contributed by atoms with Gasteiger partial charge in [-0.25, -0.2) is 13.4 Å². The van der Waals surface area contributed by atoms with Crippen LogP contribution in [0.1, 0.15) is 49.5 Å². The summed E-state index contributed by atoms with van der Waals surface area (Å²) in [5, 5.41) is 2.75. The second-order valence-electron chi connectivity index (χ2n) is 6.94. The van der Waals surface area contributed by atoms with E-state index in [4.69, 9.17) is 0 Å². The zero-order valence-electron chi connectivity index (χ0n) is 15.7. The van der Waals surface area contributed by atoms with Gasteiger partial charge >= 0.3 is 0 Å². The summed E-state index contributed by atoms with van der Waals surface area (Å²) >= 11 is 1.41. The molecular formula is C20H22N2O3S2. The quantitative estimate of drug-likeness (QED) is 0.661. The van der Waals surface area contributed by atoms with Crippen molar-refractivity contribution in [1.82, 2.24) is 4.98 Å². The van der Waals surface area contributed by atoms with E-state index in [1.165, 1.54) is 23.5 Å². The van der Waals surface area contributed by atoms with Gasteiger partial charge in [0, 0.05) is 5.56 Å². The van der Waals surface area contributed by atoms with Crippen LogP contribution in [0, 0.1) is 0 Å². The fourth-order valence-corrected chi connectivity index (χ4v) is 4.74. The highest BCUT2D eigenvalue weighted by molar-refractivity contribution is 7.92. The molecule has 0 radical (unpaired) electrons. The molecule has 0 saturated carbocycles. The summed E-state index contributed by atoms with van der Waals surface area (Å²) in [6, 6.07) is 12.1. The first-order valence-electron chi connectivity index (χ1n) is 8.75. The summed E-state index contributed by atoms with van der Waals surface area (Å²) in [5.74, 6) is -0.0433. The molecule has 1 heterocycles. The number of fused-ring (bicyclic) bond motifs is 1. The molecule has 0 aliphatic heterocycles. The average molecular weight is 403 g/mol. The van der Waals surface area contributed by atoms with Crippen LogP contribution in [0.15, 0.2) is 47.4 Å². The van der Waals surface area contributed by atoms with Crippen LogP contribution in [0.4, 0.5) is 5.13 Å². The number of aromatic nitrogens is 1. The summed E-state index contributed by atoms with van der Waals surface area (Å²) in [4.78, 5) is 17.3. The van der Waals surface area contributed by atoms with Crippen LogP contribution in [-0.4, -0.2) is 24.6 Å². The van der Waals surface area contributed by atoms with Crippen molar-refractivity contribution in [2.24, 2.45) is 0 Å². The van der Waals surface area contributed by atoms with Gasteiger partial charge in [0.25, 0.3) is 5.91 Å². The van der Waals surface area contributed by atoms with Crippen molar-refractivity contribution < 1.29 is 13.2 Å². The van der Waals surface area contributed by atoms with E-state index < -0.39 is 15.1 Å². The highest BCUT2D eigenvalue weighted by Gasteiger charge is 2.21. The third-order valence-corrected chi connectivity index (χ3v) is 7.43. The molecule has 0 atom stereocenters. The van der Waals surface area contributed by atoms with E-state index in [9.17, 15) is 13.2 Å². The summed E-state index contributed by atoms with van der Waals surface area (Å²) in [7, 11) is -3.43. The summed E-state index contributed by atoms with van der Waals surface area (Å²) in [5.41, 5.74) is 2.32. The fourth-order valence-electron chi connectivity index (χ4n) is 2.74. The van der Waals surface area contributed by atoms with Crippen molar-refractivity contribution in [3.63, 3.8) is 0 Å². The lowest BCUT2D eigenvalue weighted by Gasteiger charge is -2.09. The fraction of sp³-hybridized carbons (Fsp3) is 0.300. The summed E-state index contributed by atoms with van der Waals surface area (Å²) in [6.07, 6.45) is 0. The van der Waals surface area contributed by atoms with Gasteiger partial charge in [-0.2, -0.15) is 0 Å². The summed E-state index contributed by atoms with van der Waals surface area (Å²) < 4.78 is 25.7. The molecule has 3 rings (SSSR count). The molecule has 0 bridgehead atoms. The molecule has 1 aromatic heterocycles. The third-order valence-electron chi connectivity index (χ3n) is 4.34. The molecule has 0 aliphatic carbocycles. The van der Waals surface area contributed by atoms with Crippen LogP contribution in [0.3, 0.4) is 0 Å². The van der Waals surface area contributed by atoms with Crippen molar-refractivity contribution >= 4 is 42.4 Å². The number of hydrogen-bond donors (Lipinski definition) is 1. The molecule has 7 heteroatoms. The van der Waals surface area contributed by atoms with Crippen LogP contribution in [0.5, 0.6) is 0 Å². The highest BCUT2D eigenvalue weighted by Crippen LogP contribution is 2.31. The molecule has 0 saturated heterocycles. The Kier molecular flexibility index (Phi) is 5.35. The van der Waals surface area contributed by atoms with Crippen molar-refractivity contribution in [3.8, 4) is 0 Å². The van der Waals surface area contributed by atoms with Crippen LogP contribution in [0.25, 0.3) is 10.2 Å². The Morgan fingerprint density at radius 1 is 1.07 bits per heavy atom. The van der Waals surface area contributed by atoms with Crippen molar-refractivity contribution in [2.45, 2.75) is 43.8 Å². The Bertz CT molecular complexity index is 1100. The number of carbonyl (C=O) groups is 1. The minimum Gasteiger partial charge on any atom is -0.298 e. The predicted molar refractivity (Wildman–Crippen MR) is 110 cm³/mol. The van der Waals surface area contributed by atoms with Gasteiger partial charge in [0.15, 0.2) is 15.0 Å². The lowest BCUT2D eigenvalue weighted by Crippen LogP contribution is -2.16. The van der Waals surface area contributed by atoms with Gasteiger partial charge in [-0.3, -0.25) is 10.1 Å². The van der Waals surface area contributed by atoms with E-state index in [0.29, 0.717) is 16.6 Å². The number of benzene rings is 2. The van der Waals surface area contributed by atoms with Crippen LogP contribution >= 0.6 is 11.3 Å². The number of nitrogens with one attached hydrogen (secondary N) is 1. The molecular weight excluding hydrogens is 380 g/mol. The Hall–Kier alpha value is -2.25. The van der Waals surface area contributed by atoms with Crippen LogP contribution in [-0.2, 0) is 9.84 Å². The Morgan fingerprint density at radius 2 is 1.78 bits per heavy atom. The Balaban J connectivity index is 1.90. The second kappa shape index (κ2) is 7.40. The molecule has 0 fully saturated rings. The third kappa shape index (κ3) is 3.89. The predicted octanol–water partition coefficient (Wildman–Crippen LogP) is 4.85. The molecule has 0 spiro atoms. The molecule has 2 aromatic carbocycles. The molecule has 27 heavy (non-hydrogen) atoms. The molecule has 1 amide bonds. The number of amides is 1. The van der Waals surface area contributed by atoms with Crippen molar-refractivity contribution in [2.75, 3.05) is 5.32 Å². The number of anilines is 1. The average Bonchev–Trinajstić information content (AvgIpc) is 3.03. The van der Waals surface area contributed by atoms with Crippen LogP contribution < -0.4 is 5.32 Å². The van der Waals surface area contributed by atoms with E-state index in [1.807, 2.05) is 18.2 Å². The normalized spacial score (nSPS) is 12.1. The monoisotopic (exact) mass is 402 g/mol. The number of rotatable bonds is 5. The number of thiazole rings is 1. The lowest BCUT2D eigenvalue weighted by atomic mass is 10.0. The van der Waals surface area contributed by atoms with E-state index in [2.05, 4.69) is 24.1 Å². The first kappa shape index (κ1) is 19.5. The molecule has 142 valence electrons. The largest absolute Gasteiger partial charge is 0.298 e. The minimum atomic E-state index is -3.43. The standard InChI is InChI=1S/C20H22N2O3S2/c1-12(2)16-9-6-10-17-18(16)21-20(26-17)22-19(23)14-7-5-8-15(11-14)27(24,25)13(3)4/h5-13H,1-4H3,(H,21,22,23). The lowest BCUT2D eigenvalue weighted by molar-refractivity contribution is 0.102. The van der Waals surface area contributed by atoms with Gasteiger partial charge < -0.3 is 0 Å². The maximum atomic E-state index is 12.6. The maximum absolute atomic E-state index is 12.6. The van der Waals surface area contributed by atoms with Gasteiger partial charge in [0.2, 0.25) is 0 Å². The number of sulfone groups is 1. The zero-order valence-corrected chi connectivity index (χ0v) is 17.3.